The smallest absolute Gasteiger partial charge is 0.220 e. The van der Waals surface area contributed by atoms with Crippen molar-refractivity contribution in [2.45, 2.75) is 328 Å². The van der Waals surface area contributed by atoms with E-state index in [0.29, 0.717) is 12.8 Å². The topological polar surface area (TPSA) is 69.6 Å². The Balaban J connectivity index is 3.43. The van der Waals surface area contributed by atoms with Gasteiger partial charge in [-0.05, 0) is 51.4 Å². The first-order chi connectivity index (χ1) is 32.2. The van der Waals surface area contributed by atoms with Gasteiger partial charge >= 0.3 is 0 Å². The van der Waals surface area contributed by atoms with E-state index in [4.69, 9.17) is 0 Å². The van der Waals surface area contributed by atoms with Crippen molar-refractivity contribution < 1.29 is 15.0 Å². The second-order valence-corrected chi connectivity index (χ2v) is 20.0. The molecule has 2 atom stereocenters. The minimum Gasteiger partial charge on any atom is -0.394 e. The molecule has 0 aliphatic rings. The number of carbonyl (C=O) groups excluding carboxylic acids is 1. The van der Waals surface area contributed by atoms with E-state index in [1.54, 1.807) is 0 Å². The van der Waals surface area contributed by atoms with Crippen molar-refractivity contribution in [2.24, 2.45) is 0 Å². The maximum absolute atomic E-state index is 12.5. The van der Waals surface area contributed by atoms with E-state index in [9.17, 15) is 15.0 Å². The Hall–Kier alpha value is -1.65. The van der Waals surface area contributed by atoms with Gasteiger partial charge in [-0.25, -0.2) is 0 Å². The summed E-state index contributed by atoms with van der Waals surface area (Å²) in [6, 6.07) is -0.537. The number of nitrogens with one attached hydrogen (secondary N) is 1. The summed E-state index contributed by atoms with van der Waals surface area (Å²) in [5.74, 6) is -0.0265. The molecule has 0 aliphatic heterocycles. The summed E-state index contributed by atoms with van der Waals surface area (Å²) in [6.07, 6.45) is 78.2. The largest absolute Gasteiger partial charge is 0.394 e. The molecule has 0 aromatic heterocycles. The van der Waals surface area contributed by atoms with Crippen molar-refractivity contribution in [3.63, 3.8) is 0 Å². The van der Waals surface area contributed by atoms with Crippen molar-refractivity contribution in [1.29, 1.82) is 0 Å². The zero-order valence-corrected chi connectivity index (χ0v) is 44.0. The molecule has 65 heavy (non-hydrogen) atoms. The second-order valence-electron chi connectivity index (χ2n) is 20.0. The van der Waals surface area contributed by atoms with E-state index in [0.717, 1.165) is 51.4 Å². The number of hydrogen-bond donors (Lipinski definition) is 3. The van der Waals surface area contributed by atoms with E-state index in [-0.39, 0.29) is 12.5 Å². The van der Waals surface area contributed by atoms with Gasteiger partial charge in [0, 0.05) is 6.42 Å². The highest BCUT2D eigenvalue weighted by Gasteiger charge is 2.20. The maximum Gasteiger partial charge on any atom is 0.220 e. The van der Waals surface area contributed by atoms with Crippen LogP contribution >= 0.6 is 0 Å². The molecule has 0 aromatic carbocycles. The fourth-order valence-electron chi connectivity index (χ4n) is 9.18. The first-order valence-corrected chi connectivity index (χ1v) is 29.3. The Labute approximate surface area is 407 Å². The van der Waals surface area contributed by atoms with E-state index < -0.39 is 12.1 Å². The highest BCUT2D eigenvalue weighted by molar-refractivity contribution is 5.76. The molecule has 4 heteroatoms. The Kier molecular flexibility index (Phi) is 55.2. The van der Waals surface area contributed by atoms with Crippen LogP contribution in [-0.4, -0.2) is 34.9 Å². The molecule has 0 heterocycles. The fraction of sp³-hybridized carbons (Fsp3) is 0.852. The van der Waals surface area contributed by atoms with Gasteiger partial charge in [-0.2, -0.15) is 0 Å². The minimum absolute atomic E-state index is 0.0265. The number of aliphatic hydroxyl groups excluding tert-OH is 2. The third-order valence-electron chi connectivity index (χ3n) is 13.6. The first-order valence-electron chi connectivity index (χ1n) is 29.3. The van der Waals surface area contributed by atoms with Gasteiger partial charge in [0.25, 0.3) is 0 Å². The number of aliphatic hydroxyl groups is 2. The summed E-state index contributed by atoms with van der Waals surface area (Å²) in [6.45, 7) is 4.28. The third kappa shape index (κ3) is 53.2. The normalized spacial score (nSPS) is 13.1. The molecule has 1 amide bonds. The quantitative estimate of drug-likeness (QED) is 0.0421. The summed E-state index contributed by atoms with van der Waals surface area (Å²) < 4.78 is 0. The highest BCUT2D eigenvalue weighted by atomic mass is 16.3. The van der Waals surface area contributed by atoms with Crippen LogP contribution in [-0.2, 0) is 4.79 Å². The van der Waals surface area contributed by atoms with Crippen molar-refractivity contribution in [3.05, 3.63) is 48.6 Å². The molecule has 382 valence electrons. The summed E-state index contributed by atoms with van der Waals surface area (Å²) in [5, 5.41) is 23.4. The lowest BCUT2D eigenvalue weighted by atomic mass is 10.0. The molecule has 0 bridgehead atoms. The molecule has 0 saturated carbocycles. The molecule has 0 rings (SSSR count). The van der Waals surface area contributed by atoms with Crippen LogP contribution in [0.5, 0.6) is 0 Å². The van der Waals surface area contributed by atoms with Crippen LogP contribution in [0.25, 0.3) is 0 Å². The van der Waals surface area contributed by atoms with E-state index in [1.807, 2.05) is 0 Å². The Morgan fingerprint density at radius 2 is 0.677 bits per heavy atom. The molecule has 0 saturated heterocycles. The molecule has 4 nitrogen and oxygen atoms in total. The number of carbonyl (C=O) groups is 1. The van der Waals surface area contributed by atoms with Crippen LogP contribution in [0.2, 0.25) is 0 Å². The number of rotatable bonds is 54. The van der Waals surface area contributed by atoms with Crippen LogP contribution in [0.15, 0.2) is 48.6 Å². The summed E-state index contributed by atoms with van der Waals surface area (Å²) in [7, 11) is 0. The lowest BCUT2D eigenvalue weighted by Gasteiger charge is -2.22. The average Bonchev–Trinajstić information content (AvgIpc) is 3.31. The first kappa shape index (κ1) is 63.4. The lowest BCUT2D eigenvalue weighted by Crippen LogP contribution is -2.45. The van der Waals surface area contributed by atoms with Crippen LogP contribution < -0.4 is 5.32 Å². The van der Waals surface area contributed by atoms with Crippen molar-refractivity contribution >= 4 is 5.91 Å². The molecular weight excluding hydrogens is 795 g/mol. The van der Waals surface area contributed by atoms with Gasteiger partial charge in [-0.3, -0.25) is 4.79 Å². The standard InChI is InChI=1S/C61H115NO3/c1-3-5-7-9-11-13-15-17-19-21-23-25-27-28-29-30-31-32-33-34-35-37-39-41-43-45-47-49-51-53-55-57-61(65)62-59(58-63)60(64)56-54-52-50-48-46-44-42-40-38-36-26-24-22-20-18-16-14-12-10-8-6-4-2/h5,7,11,13,17,19,23,25,59-60,63-64H,3-4,6,8-10,12,14-16,18,20-22,24,26-58H2,1-2H3,(H,62,65)/b7-5-,13-11-,19-17-,25-23-. The predicted octanol–water partition coefficient (Wildman–Crippen LogP) is 19.4. The zero-order chi connectivity index (χ0) is 47.0. The van der Waals surface area contributed by atoms with Gasteiger partial charge in [0.05, 0.1) is 18.8 Å². The molecule has 2 unspecified atom stereocenters. The van der Waals surface area contributed by atoms with Gasteiger partial charge in [0.1, 0.15) is 0 Å². The Bertz CT molecular complexity index is 1030. The maximum atomic E-state index is 12.5. The second kappa shape index (κ2) is 56.7. The SMILES string of the molecule is CC/C=C\C/C=C\C/C=C\C/C=C\CCCCCCCCCCCCCCCCCCCCC(=O)NC(CO)C(O)CCCCCCCCCCCCCCCCCCCCCCCC. The minimum atomic E-state index is -0.660. The van der Waals surface area contributed by atoms with E-state index in [1.165, 1.54) is 238 Å². The lowest BCUT2D eigenvalue weighted by molar-refractivity contribution is -0.123. The molecule has 0 spiro atoms. The summed E-state index contributed by atoms with van der Waals surface area (Å²) >= 11 is 0. The molecular formula is C61H115NO3. The molecule has 3 N–H and O–H groups in total. The van der Waals surface area contributed by atoms with Crippen molar-refractivity contribution in [3.8, 4) is 0 Å². The molecule has 0 radical (unpaired) electrons. The zero-order valence-electron chi connectivity index (χ0n) is 44.0. The van der Waals surface area contributed by atoms with Gasteiger partial charge in [0.15, 0.2) is 0 Å². The van der Waals surface area contributed by atoms with Crippen molar-refractivity contribution in [1.82, 2.24) is 5.32 Å². The van der Waals surface area contributed by atoms with Crippen LogP contribution in [0, 0.1) is 0 Å². The molecule has 0 fully saturated rings. The monoisotopic (exact) mass is 910 g/mol. The highest BCUT2D eigenvalue weighted by Crippen LogP contribution is 2.18. The molecule has 0 aromatic rings. The van der Waals surface area contributed by atoms with Gasteiger partial charge < -0.3 is 15.5 Å². The third-order valence-corrected chi connectivity index (χ3v) is 13.6. The number of amides is 1. The summed E-state index contributed by atoms with van der Waals surface area (Å²) in [5.41, 5.74) is 0. The van der Waals surface area contributed by atoms with Crippen LogP contribution in [0.3, 0.4) is 0 Å². The van der Waals surface area contributed by atoms with Gasteiger partial charge in [0.2, 0.25) is 5.91 Å². The van der Waals surface area contributed by atoms with Gasteiger partial charge in [-0.15, -0.1) is 0 Å². The predicted molar refractivity (Wildman–Crippen MR) is 290 cm³/mol. The number of unbranched alkanes of at least 4 members (excludes halogenated alkanes) is 39. The van der Waals surface area contributed by atoms with E-state index >= 15 is 0 Å². The van der Waals surface area contributed by atoms with Gasteiger partial charge in [-0.1, -0.05) is 306 Å². The summed E-state index contributed by atoms with van der Waals surface area (Å²) in [4.78, 5) is 12.5. The van der Waals surface area contributed by atoms with Crippen molar-refractivity contribution in [2.75, 3.05) is 6.61 Å². The van der Waals surface area contributed by atoms with E-state index in [2.05, 4.69) is 67.8 Å². The van der Waals surface area contributed by atoms with Crippen LogP contribution in [0.1, 0.15) is 316 Å². The van der Waals surface area contributed by atoms with Crippen LogP contribution in [0.4, 0.5) is 0 Å². The number of hydrogen-bond acceptors (Lipinski definition) is 3. The average molecular weight is 911 g/mol. The molecule has 0 aliphatic carbocycles. The number of allylic oxidation sites excluding steroid dienone is 8. The fourth-order valence-corrected chi connectivity index (χ4v) is 9.18. The Morgan fingerprint density at radius 1 is 0.385 bits per heavy atom. The Morgan fingerprint density at radius 3 is 1.02 bits per heavy atom.